The van der Waals surface area contributed by atoms with Crippen molar-refractivity contribution in [3.63, 3.8) is 0 Å². The Morgan fingerprint density at radius 1 is 1.03 bits per heavy atom. The first kappa shape index (κ1) is 24.3. The Bertz CT molecular complexity index is 1110. The van der Waals surface area contributed by atoms with Gasteiger partial charge in [0.05, 0.1) is 11.4 Å². The van der Waals surface area contributed by atoms with Crippen molar-refractivity contribution in [2.24, 2.45) is 17.8 Å². The van der Waals surface area contributed by atoms with Crippen molar-refractivity contribution in [2.75, 3.05) is 26.2 Å². The van der Waals surface area contributed by atoms with E-state index in [9.17, 15) is 22.8 Å². The number of halogens is 3. The molecule has 2 aromatic rings. The molecule has 0 saturated carbocycles. The monoisotopic (exact) mass is 503 g/mol. The van der Waals surface area contributed by atoms with Crippen LogP contribution >= 0.6 is 0 Å². The second kappa shape index (κ2) is 9.94. The summed E-state index contributed by atoms with van der Waals surface area (Å²) in [6, 6.07) is 5.38. The molecule has 2 aliphatic heterocycles. The average Bonchev–Trinajstić information content (AvgIpc) is 3.44. The maximum atomic E-state index is 13.2. The van der Waals surface area contributed by atoms with Crippen molar-refractivity contribution in [1.29, 1.82) is 0 Å². The van der Waals surface area contributed by atoms with Crippen LogP contribution in [-0.4, -0.2) is 69.6 Å². The molecule has 2 fully saturated rings. The van der Waals surface area contributed by atoms with E-state index >= 15 is 0 Å². The first-order valence-electron chi connectivity index (χ1n) is 12.3. The predicted octanol–water partition coefficient (Wildman–Crippen LogP) is 3.22. The van der Waals surface area contributed by atoms with Crippen LogP contribution in [0.5, 0.6) is 5.75 Å². The van der Waals surface area contributed by atoms with Gasteiger partial charge in [0.1, 0.15) is 5.75 Å². The van der Waals surface area contributed by atoms with Gasteiger partial charge in [0.25, 0.3) is 0 Å². The number of ether oxygens (including phenoxy) is 1. The van der Waals surface area contributed by atoms with Crippen LogP contribution < -0.4 is 4.74 Å². The summed E-state index contributed by atoms with van der Waals surface area (Å²) in [7, 11) is 0. The summed E-state index contributed by atoms with van der Waals surface area (Å²) in [5.41, 5.74) is 2.55. The lowest BCUT2D eigenvalue weighted by Gasteiger charge is -2.26. The lowest BCUT2D eigenvalue weighted by molar-refractivity contribution is -0.274. The van der Waals surface area contributed by atoms with Crippen LogP contribution in [0.1, 0.15) is 36.2 Å². The molecule has 8 nitrogen and oxygen atoms in total. The predicted molar refractivity (Wildman–Crippen MR) is 123 cm³/mol. The summed E-state index contributed by atoms with van der Waals surface area (Å²) in [4.78, 5) is 29.7. The summed E-state index contributed by atoms with van der Waals surface area (Å²) in [5.74, 6) is 0.501. The normalized spacial score (nSPS) is 24.4. The second-order valence-corrected chi connectivity index (χ2v) is 9.79. The molecule has 36 heavy (non-hydrogen) atoms. The minimum Gasteiger partial charge on any atom is -0.406 e. The number of aromatic amines is 1. The topological polar surface area (TPSA) is 91.4 Å². The van der Waals surface area contributed by atoms with Crippen molar-refractivity contribution < 1.29 is 27.5 Å². The van der Waals surface area contributed by atoms with E-state index in [1.165, 1.54) is 30.3 Å². The van der Waals surface area contributed by atoms with E-state index in [0.29, 0.717) is 36.9 Å². The van der Waals surface area contributed by atoms with Gasteiger partial charge in [0.2, 0.25) is 11.8 Å². The second-order valence-electron chi connectivity index (χ2n) is 9.79. The summed E-state index contributed by atoms with van der Waals surface area (Å²) >= 11 is 0. The zero-order chi connectivity index (χ0) is 25.3. The van der Waals surface area contributed by atoms with Crippen molar-refractivity contribution in [3.8, 4) is 5.75 Å². The smallest absolute Gasteiger partial charge is 0.406 e. The first-order chi connectivity index (χ1) is 17.2. The number of H-pyrrole nitrogens is 1. The molecule has 2 amide bonds. The van der Waals surface area contributed by atoms with Gasteiger partial charge < -0.3 is 14.5 Å². The largest absolute Gasteiger partial charge is 0.573 e. The van der Waals surface area contributed by atoms with Crippen molar-refractivity contribution in [3.05, 3.63) is 47.3 Å². The molecular formula is C25H28F3N5O3. The number of nitrogens with one attached hydrogen (secondary N) is 1. The fourth-order valence-corrected chi connectivity index (χ4v) is 5.56. The molecule has 1 N–H and O–H groups in total. The molecule has 3 aliphatic rings. The maximum Gasteiger partial charge on any atom is 0.573 e. The zero-order valence-corrected chi connectivity index (χ0v) is 19.7. The van der Waals surface area contributed by atoms with E-state index in [1.807, 2.05) is 9.80 Å². The molecule has 0 radical (unpaired) electrons. The molecule has 3 heterocycles. The van der Waals surface area contributed by atoms with E-state index < -0.39 is 6.36 Å². The number of hydrogen-bond donors (Lipinski definition) is 1. The number of carbonyl (C=O) groups is 2. The van der Waals surface area contributed by atoms with Crippen LogP contribution in [0.4, 0.5) is 13.2 Å². The molecule has 0 spiro atoms. The number of alkyl halides is 3. The first-order valence-corrected chi connectivity index (χ1v) is 12.3. The molecule has 1 aromatic carbocycles. The van der Waals surface area contributed by atoms with Gasteiger partial charge in [-0.3, -0.25) is 14.7 Å². The van der Waals surface area contributed by atoms with Gasteiger partial charge in [-0.15, -0.1) is 18.3 Å². The molecule has 0 unspecified atom stereocenters. The summed E-state index contributed by atoms with van der Waals surface area (Å²) in [6.07, 6.45) is 2.26. The van der Waals surface area contributed by atoms with Gasteiger partial charge in [-0.05, 0) is 61.3 Å². The SMILES string of the molecule is O=C(/C=C/c1ccc(OC(F)(F)F)cc1)N1CC[C@@H]2CN(C(=O)[C@H]3CCc4[nH]nnc4C3)C[C@@H]2CC1. The highest BCUT2D eigenvalue weighted by Gasteiger charge is 2.40. The zero-order valence-electron chi connectivity index (χ0n) is 19.7. The number of benzene rings is 1. The van der Waals surface area contributed by atoms with Crippen LogP contribution in [0.25, 0.3) is 6.08 Å². The third-order valence-corrected chi connectivity index (χ3v) is 7.51. The standard InChI is InChI=1S/C25H28F3N5O3/c26-25(27,28)36-20-5-1-16(2-6-20)3-8-23(34)32-11-9-18-14-33(15-19(18)10-12-32)24(35)17-4-7-21-22(13-17)30-31-29-21/h1-3,5-6,8,17-19H,4,7,9-15H2,(H,29,30,31)/b8-3+/t17-,18-,19+/m0/s1. The third-order valence-electron chi connectivity index (χ3n) is 7.51. The minimum absolute atomic E-state index is 0.0396. The number of nitrogens with zero attached hydrogens (tertiary/aromatic N) is 4. The Morgan fingerprint density at radius 3 is 2.39 bits per heavy atom. The summed E-state index contributed by atoms with van der Waals surface area (Å²) < 4.78 is 40.7. The maximum absolute atomic E-state index is 13.2. The number of amides is 2. The average molecular weight is 504 g/mol. The van der Waals surface area contributed by atoms with Gasteiger partial charge in [0, 0.05) is 44.6 Å². The lowest BCUT2D eigenvalue weighted by atomic mass is 9.89. The molecule has 5 rings (SSSR count). The number of fused-ring (bicyclic) bond motifs is 2. The van der Waals surface area contributed by atoms with E-state index in [-0.39, 0.29) is 23.5 Å². The number of hydrogen-bond acceptors (Lipinski definition) is 5. The Balaban J connectivity index is 1.11. The van der Waals surface area contributed by atoms with Gasteiger partial charge in [-0.2, -0.15) is 0 Å². The van der Waals surface area contributed by atoms with E-state index in [2.05, 4.69) is 20.1 Å². The van der Waals surface area contributed by atoms with E-state index in [0.717, 1.165) is 50.2 Å². The number of aromatic nitrogens is 3. The van der Waals surface area contributed by atoms with Crippen LogP contribution in [-0.2, 0) is 22.4 Å². The molecule has 3 atom stereocenters. The van der Waals surface area contributed by atoms with Crippen molar-refractivity contribution in [2.45, 2.75) is 38.5 Å². The Labute approximate surface area is 206 Å². The van der Waals surface area contributed by atoms with Crippen molar-refractivity contribution >= 4 is 17.9 Å². The molecule has 192 valence electrons. The van der Waals surface area contributed by atoms with Gasteiger partial charge in [-0.25, -0.2) is 0 Å². The summed E-state index contributed by atoms with van der Waals surface area (Å²) in [6.45, 7) is 2.71. The molecule has 1 aliphatic carbocycles. The Kier molecular flexibility index (Phi) is 6.72. The third kappa shape index (κ3) is 5.55. The Hall–Kier alpha value is -3.37. The van der Waals surface area contributed by atoms with Crippen LogP contribution in [0.3, 0.4) is 0 Å². The van der Waals surface area contributed by atoms with Crippen molar-refractivity contribution in [1.82, 2.24) is 25.2 Å². The molecule has 1 aromatic heterocycles. The molecule has 0 bridgehead atoms. The Morgan fingerprint density at radius 2 is 1.72 bits per heavy atom. The van der Waals surface area contributed by atoms with Gasteiger partial charge in [0.15, 0.2) is 0 Å². The van der Waals surface area contributed by atoms with Gasteiger partial charge in [-0.1, -0.05) is 17.3 Å². The van der Waals surface area contributed by atoms with E-state index in [1.54, 1.807) is 6.08 Å². The van der Waals surface area contributed by atoms with Gasteiger partial charge >= 0.3 is 6.36 Å². The highest BCUT2D eigenvalue weighted by molar-refractivity contribution is 5.91. The fraction of sp³-hybridized carbons (Fsp3) is 0.520. The van der Waals surface area contributed by atoms with Crippen LogP contribution in [0, 0.1) is 17.8 Å². The fourth-order valence-electron chi connectivity index (χ4n) is 5.56. The highest BCUT2D eigenvalue weighted by Crippen LogP contribution is 2.34. The number of aryl methyl sites for hydroxylation is 1. The van der Waals surface area contributed by atoms with Crippen LogP contribution in [0.2, 0.25) is 0 Å². The van der Waals surface area contributed by atoms with E-state index in [4.69, 9.17) is 0 Å². The molecular weight excluding hydrogens is 475 g/mol. The quantitative estimate of drug-likeness (QED) is 0.647. The highest BCUT2D eigenvalue weighted by atomic mass is 19.4. The minimum atomic E-state index is -4.74. The number of rotatable bonds is 4. The molecule has 11 heteroatoms. The summed E-state index contributed by atoms with van der Waals surface area (Å²) in [5, 5.41) is 10.9. The molecule has 2 saturated heterocycles. The number of likely N-dealkylation sites (tertiary alicyclic amines) is 2. The lowest BCUT2D eigenvalue weighted by Crippen LogP contribution is -2.38. The number of carbonyl (C=O) groups excluding carboxylic acids is 2. The van der Waals surface area contributed by atoms with Crippen LogP contribution in [0.15, 0.2) is 30.3 Å².